The second-order valence-corrected chi connectivity index (χ2v) is 5.22. The number of carbonyl (C=O) groups is 2. The molecule has 20 heavy (non-hydrogen) atoms. The number of alkyl halides is 1. The zero-order valence-electron chi connectivity index (χ0n) is 10.4. The summed E-state index contributed by atoms with van der Waals surface area (Å²) in [5.41, 5.74) is 0.426. The standard InChI is InChI=1S/C15H13ClO4/c16-15(9-17)8-11(18)6-7-12(15)14(20)13(19)10-4-2-1-3-5-10/h1-9,12-13,18-19H. The van der Waals surface area contributed by atoms with Gasteiger partial charge in [-0.25, -0.2) is 0 Å². The van der Waals surface area contributed by atoms with E-state index in [2.05, 4.69) is 0 Å². The summed E-state index contributed by atoms with van der Waals surface area (Å²) in [6.45, 7) is 0. The van der Waals surface area contributed by atoms with Gasteiger partial charge >= 0.3 is 0 Å². The van der Waals surface area contributed by atoms with Crippen LogP contribution in [0.3, 0.4) is 0 Å². The summed E-state index contributed by atoms with van der Waals surface area (Å²) in [5.74, 6) is -1.82. The topological polar surface area (TPSA) is 74.6 Å². The van der Waals surface area contributed by atoms with Crippen molar-refractivity contribution in [3.8, 4) is 0 Å². The van der Waals surface area contributed by atoms with Gasteiger partial charge in [0, 0.05) is 0 Å². The minimum absolute atomic E-state index is 0.189. The second-order valence-electron chi connectivity index (χ2n) is 4.57. The Morgan fingerprint density at radius 3 is 2.60 bits per heavy atom. The molecule has 0 saturated heterocycles. The molecular formula is C15H13ClO4. The first-order valence-corrected chi connectivity index (χ1v) is 6.38. The molecule has 1 aromatic rings. The van der Waals surface area contributed by atoms with E-state index in [4.69, 9.17) is 11.6 Å². The highest BCUT2D eigenvalue weighted by atomic mass is 35.5. The van der Waals surface area contributed by atoms with Crippen molar-refractivity contribution < 1.29 is 19.8 Å². The molecule has 2 rings (SSSR count). The first-order valence-electron chi connectivity index (χ1n) is 6.00. The normalized spacial score (nSPS) is 26.7. The van der Waals surface area contributed by atoms with Gasteiger partial charge in [-0.05, 0) is 17.7 Å². The molecule has 3 unspecified atom stereocenters. The molecule has 1 aliphatic carbocycles. The highest BCUT2D eigenvalue weighted by molar-refractivity contribution is 6.35. The van der Waals surface area contributed by atoms with E-state index in [0.29, 0.717) is 11.8 Å². The van der Waals surface area contributed by atoms with Crippen LogP contribution in [-0.2, 0) is 9.59 Å². The molecule has 1 aromatic carbocycles. The number of aliphatic hydroxyl groups excluding tert-OH is 2. The van der Waals surface area contributed by atoms with E-state index in [-0.39, 0.29) is 5.76 Å². The van der Waals surface area contributed by atoms with Crippen LogP contribution in [0.25, 0.3) is 0 Å². The van der Waals surface area contributed by atoms with Crippen molar-refractivity contribution >= 4 is 23.7 Å². The van der Waals surface area contributed by atoms with Gasteiger partial charge in [0.15, 0.2) is 5.78 Å². The lowest BCUT2D eigenvalue weighted by Gasteiger charge is -2.28. The average Bonchev–Trinajstić information content (AvgIpc) is 2.47. The molecule has 0 aliphatic heterocycles. The summed E-state index contributed by atoms with van der Waals surface area (Å²) in [5, 5.41) is 19.5. The van der Waals surface area contributed by atoms with Crippen LogP contribution in [0, 0.1) is 5.92 Å². The molecule has 104 valence electrons. The summed E-state index contributed by atoms with van der Waals surface area (Å²) in [7, 11) is 0. The molecule has 0 saturated carbocycles. The first kappa shape index (κ1) is 14.5. The van der Waals surface area contributed by atoms with Crippen molar-refractivity contribution in [2.45, 2.75) is 11.0 Å². The Bertz CT molecular complexity index is 579. The number of allylic oxidation sites excluding steroid dienone is 3. The van der Waals surface area contributed by atoms with Gasteiger partial charge in [0.1, 0.15) is 23.0 Å². The third-order valence-corrected chi connectivity index (χ3v) is 3.61. The molecule has 0 aromatic heterocycles. The summed E-state index contributed by atoms with van der Waals surface area (Å²) in [6.07, 6.45) is 2.71. The van der Waals surface area contributed by atoms with Crippen molar-refractivity contribution in [2.24, 2.45) is 5.92 Å². The number of aldehydes is 1. The number of rotatable bonds is 4. The summed E-state index contributed by atoms with van der Waals surface area (Å²) >= 11 is 6.06. The van der Waals surface area contributed by atoms with E-state index >= 15 is 0 Å². The fourth-order valence-electron chi connectivity index (χ4n) is 2.10. The molecule has 0 fully saturated rings. The van der Waals surface area contributed by atoms with Gasteiger partial charge in [0.2, 0.25) is 0 Å². The fraction of sp³-hybridized carbons (Fsp3) is 0.200. The van der Waals surface area contributed by atoms with E-state index in [9.17, 15) is 19.8 Å². The van der Waals surface area contributed by atoms with Gasteiger partial charge in [0.25, 0.3) is 0 Å². The van der Waals surface area contributed by atoms with Crippen LogP contribution in [-0.4, -0.2) is 27.2 Å². The molecule has 4 nitrogen and oxygen atoms in total. The molecule has 0 heterocycles. The molecule has 2 N–H and O–H groups in total. The predicted octanol–water partition coefficient (Wildman–Crippen LogP) is 2.09. The first-order chi connectivity index (χ1) is 9.48. The van der Waals surface area contributed by atoms with Gasteiger partial charge < -0.3 is 15.0 Å². The maximum absolute atomic E-state index is 12.3. The lowest BCUT2D eigenvalue weighted by molar-refractivity contribution is -0.132. The number of halogens is 1. The lowest BCUT2D eigenvalue weighted by atomic mass is 9.82. The number of hydrogen-bond donors (Lipinski definition) is 2. The second kappa shape index (κ2) is 5.61. The van der Waals surface area contributed by atoms with E-state index in [1.165, 1.54) is 12.2 Å². The Kier molecular flexibility index (Phi) is 4.06. The predicted molar refractivity (Wildman–Crippen MR) is 74.4 cm³/mol. The quantitative estimate of drug-likeness (QED) is 0.658. The minimum Gasteiger partial charge on any atom is -0.508 e. The Balaban J connectivity index is 2.29. The van der Waals surface area contributed by atoms with E-state index in [0.717, 1.165) is 6.08 Å². The zero-order valence-corrected chi connectivity index (χ0v) is 11.2. The van der Waals surface area contributed by atoms with E-state index in [1.54, 1.807) is 30.3 Å². The van der Waals surface area contributed by atoms with E-state index < -0.39 is 22.7 Å². The van der Waals surface area contributed by atoms with Crippen LogP contribution >= 0.6 is 11.6 Å². The Morgan fingerprint density at radius 2 is 2.00 bits per heavy atom. The SMILES string of the molecule is O=CC1(Cl)C=C(O)C=CC1C(=O)C(O)c1ccccc1. The van der Waals surface area contributed by atoms with Crippen molar-refractivity contribution in [1.29, 1.82) is 0 Å². The highest BCUT2D eigenvalue weighted by Crippen LogP contribution is 2.35. The van der Waals surface area contributed by atoms with Crippen LogP contribution in [0.1, 0.15) is 11.7 Å². The third kappa shape index (κ3) is 2.66. The summed E-state index contributed by atoms with van der Waals surface area (Å²) < 4.78 is 0. The third-order valence-electron chi connectivity index (χ3n) is 3.18. The highest BCUT2D eigenvalue weighted by Gasteiger charge is 2.42. The zero-order chi connectivity index (χ0) is 14.8. The average molecular weight is 293 g/mol. The minimum atomic E-state index is -1.67. The van der Waals surface area contributed by atoms with Gasteiger partial charge in [0.05, 0.1) is 5.92 Å². The number of Topliss-reactive ketones (excluding diaryl/α,β-unsaturated/α-hetero) is 1. The largest absolute Gasteiger partial charge is 0.508 e. The number of ketones is 1. The molecule has 1 aliphatic rings. The molecule has 3 atom stereocenters. The molecule has 5 heteroatoms. The molecular weight excluding hydrogens is 280 g/mol. The van der Waals surface area contributed by atoms with Crippen LogP contribution in [0.15, 0.2) is 54.3 Å². The van der Waals surface area contributed by atoms with Crippen LogP contribution in [0.2, 0.25) is 0 Å². The Hall–Kier alpha value is -1.91. The summed E-state index contributed by atoms with van der Waals surface area (Å²) in [6, 6.07) is 8.38. The Morgan fingerprint density at radius 1 is 1.35 bits per heavy atom. The van der Waals surface area contributed by atoms with Gasteiger partial charge in [-0.3, -0.25) is 4.79 Å². The maximum atomic E-state index is 12.3. The number of carbonyl (C=O) groups excluding carboxylic acids is 2. The Labute approximate surface area is 121 Å². The van der Waals surface area contributed by atoms with E-state index in [1.807, 2.05) is 0 Å². The van der Waals surface area contributed by atoms with Crippen molar-refractivity contribution in [2.75, 3.05) is 0 Å². The number of benzene rings is 1. The van der Waals surface area contributed by atoms with Crippen molar-refractivity contribution in [3.63, 3.8) is 0 Å². The van der Waals surface area contributed by atoms with Crippen molar-refractivity contribution in [3.05, 3.63) is 59.9 Å². The van der Waals surface area contributed by atoms with Gasteiger partial charge in [-0.2, -0.15) is 0 Å². The molecule has 0 spiro atoms. The monoisotopic (exact) mass is 292 g/mol. The smallest absolute Gasteiger partial charge is 0.175 e. The number of hydrogen-bond acceptors (Lipinski definition) is 4. The number of aliphatic hydroxyl groups is 2. The van der Waals surface area contributed by atoms with Crippen LogP contribution in [0.4, 0.5) is 0 Å². The molecule has 0 amide bonds. The van der Waals surface area contributed by atoms with Crippen LogP contribution in [0.5, 0.6) is 0 Å². The lowest BCUT2D eigenvalue weighted by Crippen LogP contribution is -2.40. The fourth-order valence-corrected chi connectivity index (χ4v) is 2.39. The van der Waals surface area contributed by atoms with Crippen molar-refractivity contribution in [1.82, 2.24) is 0 Å². The van der Waals surface area contributed by atoms with Gasteiger partial charge in [-0.15, -0.1) is 11.6 Å². The maximum Gasteiger partial charge on any atom is 0.175 e. The van der Waals surface area contributed by atoms with Crippen LogP contribution < -0.4 is 0 Å². The summed E-state index contributed by atoms with van der Waals surface area (Å²) in [4.78, 5) is 21.8. The molecule has 0 radical (unpaired) electrons. The van der Waals surface area contributed by atoms with Gasteiger partial charge in [-0.1, -0.05) is 36.4 Å². The molecule has 0 bridgehead atoms.